The highest BCUT2D eigenvalue weighted by Crippen LogP contribution is 2.24. The first-order chi connectivity index (χ1) is 16.4. The van der Waals surface area contributed by atoms with Gasteiger partial charge >= 0.3 is 0 Å². The molecule has 0 bridgehead atoms. The predicted molar refractivity (Wildman–Crippen MR) is 128 cm³/mol. The summed E-state index contributed by atoms with van der Waals surface area (Å²) in [7, 11) is 1.59. The van der Waals surface area contributed by atoms with E-state index in [0.717, 1.165) is 5.56 Å². The molecule has 0 saturated carbocycles. The normalized spacial score (nSPS) is 10.4. The monoisotopic (exact) mass is 455 g/mol. The van der Waals surface area contributed by atoms with Crippen molar-refractivity contribution >= 4 is 35.1 Å². The number of benzene rings is 3. The number of primary amides is 2. The molecule has 4 aromatic rings. The van der Waals surface area contributed by atoms with Crippen LogP contribution in [0.1, 0.15) is 20.7 Å². The fourth-order valence-corrected chi connectivity index (χ4v) is 3.05. The van der Waals surface area contributed by atoms with Crippen LogP contribution in [0.25, 0.3) is 11.4 Å². The van der Waals surface area contributed by atoms with E-state index < -0.39 is 11.8 Å². The predicted octanol–water partition coefficient (Wildman–Crippen LogP) is 3.23. The lowest BCUT2D eigenvalue weighted by molar-refractivity contribution is 0.0992. The fourth-order valence-electron chi connectivity index (χ4n) is 3.05. The summed E-state index contributed by atoms with van der Waals surface area (Å²) < 4.78 is 5.22. The Morgan fingerprint density at radius 2 is 1.12 bits per heavy atom. The molecule has 0 atom stereocenters. The maximum absolute atomic E-state index is 11.3. The number of hydrogen-bond donors (Lipinski definition) is 4. The third-order valence-electron chi connectivity index (χ3n) is 4.83. The summed E-state index contributed by atoms with van der Waals surface area (Å²) in [6.07, 6.45) is 0. The van der Waals surface area contributed by atoms with Gasteiger partial charge in [-0.05, 0) is 72.8 Å². The van der Waals surface area contributed by atoms with Crippen molar-refractivity contribution in [3.8, 4) is 17.1 Å². The van der Waals surface area contributed by atoms with Gasteiger partial charge in [-0.25, -0.2) is 0 Å². The molecule has 10 heteroatoms. The lowest BCUT2D eigenvalue weighted by Gasteiger charge is -2.11. The number of carbonyl (C=O) groups excluding carboxylic acids is 2. The summed E-state index contributed by atoms with van der Waals surface area (Å²) in [5, 5.41) is 6.23. The molecule has 170 valence electrons. The third-order valence-corrected chi connectivity index (χ3v) is 4.83. The molecule has 1 aromatic heterocycles. The second-order valence-corrected chi connectivity index (χ2v) is 7.17. The standard InChI is InChI=1S/C24H21N7O3/c1-34-19-12-6-16(7-13-19)22-29-23(27-17-8-2-14(3-9-17)20(25)32)31-24(30-22)28-18-10-4-15(5-11-18)21(26)33/h2-13H,1H3,(H2,25,32)(H2,26,33)(H2,27,28,29,30,31). The van der Waals surface area contributed by atoms with Crippen molar-refractivity contribution in [1.82, 2.24) is 15.0 Å². The van der Waals surface area contributed by atoms with Gasteiger partial charge in [0.25, 0.3) is 0 Å². The Balaban J connectivity index is 1.67. The van der Waals surface area contributed by atoms with Gasteiger partial charge in [-0.2, -0.15) is 15.0 Å². The topological polar surface area (TPSA) is 158 Å². The van der Waals surface area contributed by atoms with Crippen LogP contribution in [0.3, 0.4) is 0 Å². The van der Waals surface area contributed by atoms with Crippen LogP contribution in [0, 0.1) is 0 Å². The number of carbonyl (C=O) groups is 2. The number of ether oxygens (including phenoxy) is 1. The number of nitrogens with zero attached hydrogens (tertiary/aromatic N) is 3. The van der Waals surface area contributed by atoms with Crippen LogP contribution in [0.4, 0.5) is 23.3 Å². The van der Waals surface area contributed by atoms with Gasteiger partial charge in [0.05, 0.1) is 7.11 Å². The summed E-state index contributed by atoms with van der Waals surface area (Å²) in [6, 6.07) is 20.5. The molecule has 0 unspecified atom stereocenters. The minimum Gasteiger partial charge on any atom is -0.497 e. The maximum atomic E-state index is 11.3. The van der Waals surface area contributed by atoms with E-state index in [1.165, 1.54) is 0 Å². The molecule has 10 nitrogen and oxygen atoms in total. The van der Waals surface area contributed by atoms with E-state index in [-0.39, 0.29) is 11.9 Å². The molecule has 0 aliphatic rings. The summed E-state index contributed by atoms with van der Waals surface area (Å²) in [5.74, 6) is 0.668. The van der Waals surface area contributed by atoms with Gasteiger partial charge in [0.2, 0.25) is 23.7 Å². The molecule has 0 radical (unpaired) electrons. The van der Waals surface area contributed by atoms with E-state index in [2.05, 4.69) is 25.6 Å². The van der Waals surface area contributed by atoms with Crippen molar-refractivity contribution < 1.29 is 14.3 Å². The first-order valence-electron chi connectivity index (χ1n) is 10.2. The zero-order valence-electron chi connectivity index (χ0n) is 18.1. The molecule has 0 aliphatic heterocycles. The molecular formula is C24H21N7O3. The van der Waals surface area contributed by atoms with Crippen LogP contribution < -0.4 is 26.8 Å². The molecule has 1 heterocycles. The van der Waals surface area contributed by atoms with Crippen molar-refractivity contribution in [2.24, 2.45) is 11.5 Å². The number of rotatable bonds is 8. The Labute approximate surface area is 195 Å². The smallest absolute Gasteiger partial charge is 0.248 e. The highest BCUT2D eigenvalue weighted by atomic mass is 16.5. The quantitative estimate of drug-likeness (QED) is 0.315. The van der Waals surface area contributed by atoms with Crippen LogP contribution in [0.15, 0.2) is 72.8 Å². The zero-order valence-corrected chi connectivity index (χ0v) is 18.1. The summed E-state index contributed by atoms with van der Waals surface area (Å²) in [4.78, 5) is 36.1. The summed E-state index contributed by atoms with van der Waals surface area (Å²) in [6.45, 7) is 0. The average molecular weight is 455 g/mol. The number of hydrogen-bond acceptors (Lipinski definition) is 8. The van der Waals surface area contributed by atoms with Crippen molar-refractivity contribution in [3.05, 3.63) is 83.9 Å². The van der Waals surface area contributed by atoms with E-state index in [0.29, 0.717) is 34.1 Å². The molecule has 0 saturated heterocycles. The first kappa shape index (κ1) is 22.2. The van der Waals surface area contributed by atoms with Crippen LogP contribution in [0.5, 0.6) is 5.75 Å². The van der Waals surface area contributed by atoms with Crippen LogP contribution in [0.2, 0.25) is 0 Å². The number of anilines is 4. The largest absolute Gasteiger partial charge is 0.497 e. The van der Waals surface area contributed by atoms with Gasteiger partial charge < -0.3 is 26.8 Å². The van der Waals surface area contributed by atoms with Gasteiger partial charge in [-0.1, -0.05) is 0 Å². The molecular weight excluding hydrogens is 434 g/mol. The highest BCUT2D eigenvalue weighted by molar-refractivity contribution is 5.93. The van der Waals surface area contributed by atoms with Crippen LogP contribution in [-0.4, -0.2) is 33.9 Å². The van der Waals surface area contributed by atoms with Gasteiger partial charge in [0.15, 0.2) is 5.82 Å². The number of nitrogens with one attached hydrogen (secondary N) is 2. The molecule has 4 rings (SSSR count). The molecule has 0 fully saturated rings. The fraction of sp³-hybridized carbons (Fsp3) is 0.0417. The van der Waals surface area contributed by atoms with Gasteiger partial charge in [-0.3, -0.25) is 9.59 Å². The number of methoxy groups -OCH3 is 1. The minimum absolute atomic E-state index is 0.281. The second-order valence-electron chi connectivity index (χ2n) is 7.17. The molecule has 34 heavy (non-hydrogen) atoms. The van der Waals surface area contributed by atoms with Gasteiger partial charge in [0.1, 0.15) is 5.75 Å². The van der Waals surface area contributed by atoms with Crippen molar-refractivity contribution in [2.75, 3.05) is 17.7 Å². The Morgan fingerprint density at radius 3 is 1.50 bits per heavy atom. The van der Waals surface area contributed by atoms with Crippen LogP contribution in [-0.2, 0) is 0 Å². The van der Waals surface area contributed by atoms with Crippen molar-refractivity contribution in [3.63, 3.8) is 0 Å². The Morgan fingerprint density at radius 1 is 0.676 bits per heavy atom. The summed E-state index contributed by atoms with van der Waals surface area (Å²) >= 11 is 0. The minimum atomic E-state index is -0.512. The van der Waals surface area contributed by atoms with E-state index in [4.69, 9.17) is 16.2 Å². The Bertz CT molecular complexity index is 1240. The SMILES string of the molecule is COc1ccc(-c2nc(Nc3ccc(C(N)=O)cc3)nc(Nc3ccc(C(N)=O)cc3)n2)cc1. The lowest BCUT2D eigenvalue weighted by atomic mass is 10.2. The number of amides is 2. The maximum Gasteiger partial charge on any atom is 0.248 e. The average Bonchev–Trinajstić information content (AvgIpc) is 2.84. The second kappa shape index (κ2) is 9.65. The van der Waals surface area contributed by atoms with E-state index in [1.54, 1.807) is 55.6 Å². The van der Waals surface area contributed by atoms with E-state index in [1.807, 2.05) is 24.3 Å². The summed E-state index contributed by atoms with van der Waals surface area (Å²) in [5.41, 5.74) is 13.5. The Kier molecular flexibility index (Phi) is 6.31. The molecule has 0 aliphatic carbocycles. The number of aromatic nitrogens is 3. The molecule has 0 spiro atoms. The lowest BCUT2D eigenvalue weighted by Crippen LogP contribution is -2.11. The molecule has 3 aromatic carbocycles. The number of nitrogens with two attached hydrogens (primary N) is 2. The van der Waals surface area contributed by atoms with Crippen LogP contribution >= 0.6 is 0 Å². The van der Waals surface area contributed by atoms with Gasteiger partial charge in [0, 0.05) is 28.1 Å². The highest BCUT2D eigenvalue weighted by Gasteiger charge is 2.11. The zero-order chi connectivity index (χ0) is 24.1. The van der Waals surface area contributed by atoms with E-state index >= 15 is 0 Å². The Hall–Kier alpha value is -4.99. The van der Waals surface area contributed by atoms with Gasteiger partial charge in [-0.15, -0.1) is 0 Å². The van der Waals surface area contributed by atoms with E-state index in [9.17, 15) is 9.59 Å². The third kappa shape index (κ3) is 5.25. The van der Waals surface area contributed by atoms with Crippen molar-refractivity contribution in [2.45, 2.75) is 0 Å². The molecule has 2 amide bonds. The molecule has 6 N–H and O–H groups in total. The first-order valence-corrected chi connectivity index (χ1v) is 10.2. The van der Waals surface area contributed by atoms with Crippen molar-refractivity contribution in [1.29, 1.82) is 0 Å².